The van der Waals surface area contributed by atoms with Crippen LogP contribution in [0.2, 0.25) is 0 Å². The summed E-state index contributed by atoms with van der Waals surface area (Å²) >= 11 is 0. The Balaban J connectivity index is 1.22. The average molecular weight is 815 g/mol. The van der Waals surface area contributed by atoms with Gasteiger partial charge >= 0.3 is 5.97 Å². The molecule has 6 aromatic rings. The number of carboxylic acids is 1. The minimum atomic E-state index is -1.48. The van der Waals surface area contributed by atoms with Crippen molar-refractivity contribution in [1.82, 2.24) is 21.3 Å². The van der Waals surface area contributed by atoms with Crippen LogP contribution in [0.3, 0.4) is 0 Å². The Morgan fingerprint density at radius 3 is 1.43 bits per heavy atom. The molecular formula is C50H46N4O7. The highest BCUT2D eigenvalue weighted by Gasteiger charge is 2.32. The lowest BCUT2D eigenvalue weighted by atomic mass is 9.98. The molecule has 0 saturated heterocycles. The predicted octanol–water partition coefficient (Wildman–Crippen LogP) is 6.23. The first-order chi connectivity index (χ1) is 29.7. The summed E-state index contributed by atoms with van der Waals surface area (Å²) in [5, 5.41) is 21.4. The molecule has 2 heterocycles. The number of nitrogens with one attached hydrogen (secondary N) is 4. The number of carboxylic acid groups (broad SMARTS) is 1. The number of carbonyl (C=O) groups excluding carboxylic acids is 4. The molecule has 0 fully saturated rings. The second kappa shape index (κ2) is 20.0. The van der Waals surface area contributed by atoms with Crippen molar-refractivity contribution in [3.63, 3.8) is 0 Å². The van der Waals surface area contributed by atoms with E-state index in [2.05, 4.69) is 21.3 Å². The fourth-order valence-electron chi connectivity index (χ4n) is 7.26. The Bertz CT molecular complexity index is 2430. The number of aliphatic carboxylic acids is 1. The molecule has 61 heavy (non-hydrogen) atoms. The maximum Gasteiger partial charge on any atom is 0.330 e. The summed E-state index contributed by atoms with van der Waals surface area (Å²) in [5.74, 6) is -3.61. The van der Waals surface area contributed by atoms with Crippen LogP contribution < -0.4 is 26.0 Å². The van der Waals surface area contributed by atoms with Crippen LogP contribution in [0.5, 0.6) is 5.75 Å². The number of benzene rings is 6. The van der Waals surface area contributed by atoms with Crippen LogP contribution in [-0.2, 0) is 43.2 Å². The Labute approximate surface area is 354 Å². The summed E-state index contributed by atoms with van der Waals surface area (Å²) in [7, 11) is 0. The summed E-state index contributed by atoms with van der Waals surface area (Å²) in [6, 6.07) is 45.3. The molecule has 8 rings (SSSR count). The first-order valence-electron chi connectivity index (χ1n) is 20.2. The highest BCUT2D eigenvalue weighted by Crippen LogP contribution is 2.23. The number of hydrogen-bond donors (Lipinski definition) is 5. The number of carbonyl (C=O) groups is 5. The molecule has 2 bridgehead atoms. The van der Waals surface area contributed by atoms with Crippen molar-refractivity contribution in [2.24, 2.45) is 0 Å². The number of amides is 4. The molecule has 1 unspecified atom stereocenters. The van der Waals surface area contributed by atoms with Crippen LogP contribution >= 0.6 is 0 Å². The van der Waals surface area contributed by atoms with Gasteiger partial charge in [-0.25, -0.2) is 4.79 Å². The SMILES string of the molecule is O=C1COc2ccc(cc2)C(C(=O)O)NC(=O)[C@H](Cc2ccc(-c3ccccc3)cc2)NC(=O)[C@@H](Cc2ccc(-c3ccccc3)cc2)NC(=O)[C@H](CCc2ccccc2)N1. The van der Waals surface area contributed by atoms with Crippen molar-refractivity contribution in [3.8, 4) is 28.0 Å². The van der Waals surface area contributed by atoms with E-state index in [9.17, 15) is 29.1 Å². The molecule has 308 valence electrons. The van der Waals surface area contributed by atoms with Gasteiger partial charge in [0.15, 0.2) is 12.6 Å². The third-order valence-electron chi connectivity index (χ3n) is 10.6. The zero-order valence-corrected chi connectivity index (χ0v) is 33.3. The molecular weight excluding hydrogens is 769 g/mol. The number of aryl methyl sites for hydroxylation is 1. The summed E-state index contributed by atoms with van der Waals surface area (Å²) in [6.45, 7) is -0.431. The van der Waals surface area contributed by atoms with Gasteiger partial charge in [-0.2, -0.15) is 0 Å². The Hall–Kier alpha value is -7.53. The third kappa shape index (κ3) is 11.4. The van der Waals surface area contributed by atoms with E-state index in [-0.39, 0.29) is 30.6 Å². The Kier molecular flexibility index (Phi) is 13.6. The van der Waals surface area contributed by atoms with Crippen molar-refractivity contribution in [3.05, 3.63) is 186 Å². The van der Waals surface area contributed by atoms with Crippen molar-refractivity contribution < 1.29 is 33.8 Å². The molecule has 11 nitrogen and oxygen atoms in total. The van der Waals surface area contributed by atoms with E-state index < -0.39 is 60.4 Å². The third-order valence-corrected chi connectivity index (χ3v) is 10.6. The highest BCUT2D eigenvalue weighted by molar-refractivity contribution is 5.95. The van der Waals surface area contributed by atoms with Gasteiger partial charge in [-0.1, -0.05) is 152 Å². The van der Waals surface area contributed by atoms with Crippen LogP contribution in [0.4, 0.5) is 0 Å². The summed E-state index contributed by atoms with van der Waals surface area (Å²) in [4.78, 5) is 69.0. The lowest BCUT2D eigenvalue weighted by Gasteiger charge is -2.27. The van der Waals surface area contributed by atoms with Gasteiger partial charge in [-0.05, 0) is 69.5 Å². The highest BCUT2D eigenvalue weighted by atomic mass is 16.5. The molecule has 2 aliphatic heterocycles. The first kappa shape index (κ1) is 41.6. The van der Waals surface area contributed by atoms with Gasteiger partial charge in [0.25, 0.3) is 5.91 Å². The van der Waals surface area contributed by atoms with E-state index in [4.69, 9.17) is 4.74 Å². The molecule has 11 heteroatoms. The summed E-state index contributed by atoms with van der Waals surface area (Å²) in [6.07, 6.45) is 0.721. The lowest BCUT2D eigenvalue weighted by molar-refractivity contribution is -0.142. The minimum Gasteiger partial charge on any atom is -0.484 e. The normalized spacial score (nSPS) is 18.6. The van der Waals surface area contributed by atoms with E-state index in [1.165, 1.54) is 24.3 Å². The molecule has 2 aliphatic rings. The van der Waals surface area contributed by atoms with E-state index in [1.54, 1.807) is 0 Å². The molecule has 6 aromatic carbocycles. The fraction of sp³-hybridized carbons (Fsp3) is 0.180. The lowest BCUT2D eigenvalue weighted by Crippen LogP contribution is -2.58. The van der Waals surface area contributed by atoms with Gasteiger partial charge in [0.05, 0.1) is 0 Å². The fourth-order valence-corrected chi connectivity index (χ4v) is 7.26. The topological polar surface area (TPSA) is 163 Å². The molecule has 0 aliphatic carbocycles. The molecule has 5 N–H and O–H groups in total. The molecule has 0 radical (unpaired) electrons. The van der Waals surface area contributed by atoms with E-state index >= 15 is 0 Å². The molecule has 0 aromatic heterocycles. The summed E-state index contributed by atoms with van der Waals surface area (Å²) < 4.78 is 5.72. The molecule has 4 atom stereocenters. The Morgan fingerprint density at radius 1 is 0.492 bits per heavy atom. The maximum atomic E-state index is 14.6. The zero-order valence-electron chi connectivity index (χ0n) is 33.3. The van der Waals surface area contributed by atoms with E-state index in [0.29, 0.717) is 12.0 Å². The van der Waals surface area contributed by atoms with Crippen LogP contribution in [-0.4, -0.2) is 59.4 Å². The van der Waals surface area contributed by atoms with Crippen molar-refractivity contribution in [2.75, 3.05) is 6.61 Å². The zero-order chi connectivity index (χ0) is 42.6. The molecule has 0 spiro atoms. The maximum absolute atomic E-state index is 14.6. The number of rotatable bonds is 10. The standard InChI is InChI=1S/C50H46N4O7/c55-45-32-61-41-27-25-40(26-28-41)46(50(59)60)54-49(58)44(31-35-18-23-39(24-19-35)37-14-8-3-9-15-37)53-48(57)43(30-34-16-21-38(22-17-34)36-12-6-2-7-13-36)52-47(56)42(51-45)29-20-33-10-4-1-5-11-33/h1-19,21-28,42-44,46H,20,29-32H2,(H,51,55)(H,52,56)(H,53,57)(H,54,58)(H,59,60)/t42-,43+,44-,46?/m0/s1. The van der Waals surface area contributed by atoms with Crippen LogP contribution in [0, 0.1) is 0 Å². The second-order valence-corrected chi connectivity index (χ2v) is 14.9. The van der Waals surface area contributed by atoms with Gasteiger partial charge in [0.2, 0.25) is 17.7 Å². The summed E-state index contributed by atoms with van der Waals surface area (Å²) in [5.41, 5.74) is 6.58. The smallest absolute Gasteiger partial charge is 0.330 e. The number of ether oxygens (including phenoxy) is 1. The average Bonchev–Trinajstić information content (AvgIpc) is 3.29. The van der Waals surface area contributed by atoms with Gasteiger partial charge in [-0.3, -0.25) is 19.2 Å². The van der Waals surface area contributed by atoms with Crippen LogP contribution in [0.1, 0.15) is 34.7 Å². The Morgan fingerprint density at radius 2 is 0.934 bits per heavy atom. The monoisotopic (exact) mass is 814 g/mol. The largest absolute Gasteiger partial charge is 0.484 e. The van der Waals surface area contributed by atoms with Crippen molar-refractivity contribution >= 4 is 29.6 Å². The number of fused-ring (bicyclic) bond motifs is 15. The van der Waals surface area contributed by atoms with Gasteiger partial charge in [0, 0.05) is 12.8 Å². The van der Waals surface area contributed by atoms with Gasteiger partial charge in [0.1, 0.15) is 23.9 Å². The molecule has 4 amide bonds. The van der Waals surface area contributed by atoms with Crippen LogP contribution in [0.25, 0.3) is 22.3 Å². The first-order valence-corrected chi connectivity index (χ1v) is 20.2. The van der Waals surface area contributed by atoms with Crippen molar-refractivity contribution in [1.29, 1.82) is 0 Å². The minimum absolute atomic E-state index is 0.00789. The van der Waals surface area contributed by atoms with Crippen molar-refractivity contribution in [2.45, 2.75) is 49.9 Å². The quantitative estimate of drug-likeness (QED) is 0.103. The second-order valence-electron chi connectivity index (χ2n) is 14.9. The predicted molar refractivity (Wildman–Crippen MR) is 232 cm³/mol. The van der Waals surface area contributed by atoms with E-state index in [0.717, 1.165) is 33.4 Å². The van der Waals surface area contributed by atoms with E-state index in [1.807, 2.05) is 140 Å². The van der Waals surface area contributed by atoms with Gasteiger partial charge < -0.3 is 31.1 Å². The van der Waals surface area contributed by atoms with Gasteiger partial charge in [-0.15, -0.1) is 0 Å². The number of hydrogen-bond acceptors (Lipinski definition) is 6. The molecule has 0 saturated carbocycles. The van der Waals surface area contributed by atoms with Crippen LogP contribution in [0.15, 0.2) is 164 Å².